The summed E-state index contributed by atoms with van der Waals surface area (Å²) in [7, 11) is 0. The van der Waals surface area contributed by atoms with Gasteiger partial charge >= 0.3 is 5.97 Å². The number of aliphatic carboxylic acids is 1. The minimum Gasteiger partial charge on any atom is -0.481 e. The molecule has 2 aromatic carbocycles. The number of ether oxygens (including phenoxy) is 1. The number of aliphatic hydroxyl groups is 1. The molecule has 0 amide bonds. The molecule has 2 rings (SSSR count). The van der Waals surface area contributed by atoms with Gasteiger partial charge < -0.3 is 14.9 Å². The molecule has 0 fully saturated rings. The molecule has 0 heterocycles. The van der Waals surface area contributed by atoms with Gasteiger partial charge in [-0.15, -0.1) is 13.2 Å². The summed E-state index contributed by atoms with van der Waals surface area (Å²) in [6.45, 7) is 8.18. The van der Waals surface area contributed by atoms with E-state index in [0.717, 1.165) is 0 Å². The molecule has 2 aromatic rings. The molecule has 0 saturated heterocycles. The quantitative estimate of drug-likeness (QED) is 0.369. The van der Waals surface area contributed by atoms with E-state index in [1.807, 2.05) is 0 Å². The number of carbonyl (C=O) groups excluding carboxylic acids is 1. The number of hydrogen-bond donors (Lipinski definition) is 2. The third-order valence-corrected chi connectivity index (χ3v) is 3.84. The molecule has 5 nitrogen and oxygen atoms in total. The van der Waals surface area contributed by atoms with Gasteiger partial charge in [-0.05, 0) is 12.0 Å². The van der Waals surface area contributed by atoms with Gasteiger partial charge in [0.15, 0.2) is 11.4 Å². The van der Waals surface area contributed by atoms with E-state index < -0.39 is 17.4 Å². The first kappa shape index (κ1) is 23.0. The number of carboxylic acid groups (broad SMARTS) is 1. The van der Waals surface area contributed by atoms with Crippen LogP contribution in [0.3, 0.4) is 0 Å². The zero-order valence-corrected chi connectivity index (χ0v) is 15.8. The van der Waals surface area contributed by atoms with Crippen LogP contribution in [0.5, 0.6) is 0 Å². The van der Waals surface area contributed by atoms with Gasteiger partial charge in [0.1, 0.15) is 0 Å². The fourth-order valence-electron chi connectivity index (χ4n) is 2.45. The molecule has 0 saturated carbocycles. The van der Waals surface area contributed by atoms with E-state index in [4.69, 9.17) is 9.84 Å². The average Bonchev–Trinajstić information content (AvgIpc) is 2.73. The number of Topliss-reactive ketones (excluding diaryl/α,β-unsaturated/α-hetero) is 1. The van der Waals surface area contributed by atoms with Crippen LogP contribution in [-0.4, -0.2) is 35.2 Å². The molecule has 0 aliphatic carbocycles. The molecule has 0 aromatic heterocycles. The highest BCUT2D eigenvalue weighted by molar-refractivity contribution is 6.03. The van der Waals surface area contributed by atoms with Crippen LogP contribution in [0.15, 0.2) is 86.0 Å². The lowest BCUT2D eigenvalue weighted by Gasteiger charge is -2.27. The Morgan fingerprint density at radius 1 is 0.929 bits per heavy atom. The minimum atomic E-state index is -1.83. The minimum absolute atomic E-state index is 0.167. The summed E-state index contributed by atoms with van der Waals surface area (Å²) < 4.78 is 4.90. The number of carboxylic acids is 1. The van der Waals surface area contributed by atoms with Crippen LogP contribution >= 0.6 is 0 Å². The first-order chi connectivity index (χ1) is 13.5. The monoisotopic (exact) mass is 382 g/mol. The highest BCUT2D eigenvalue weighted by Crippen LogP contribution is 2.30. The Kier molecular flexibility index (Phi) is 10.2. The second-order valence-corrected chi connectivity index (χ2v) is 5.93. The summed E-state index contributed by atoms with van der Waals surface area (Å²) in [5, 5.41) is 19.7. The Balaban J connectivity index is 0.000000480. The molecule has 0 radical (unpaired) electrons. The van der Waals surface area contributed by atoms with E-state index in [1.165, 1.54) is 0 Å². The number of ketones is 1. The molecular weight excluding hydrogens is 356 g/mol. The Morgan fingerprint density at radius 2 is 1.43 bits per heavy atom. The zero-order chi connectivity index (χ0) is 20.8. The standard InChI is InChI=1S/C17H16O4.C6H10O/c18-15(19)11-12-17(21,14-9-5-2-6-10-14)16(20)13-7-3-1-4-8-13;1-3-5-7-6-4-2/h1-10,21H,11-12H2,(H,18,19);3-4H,1-2,5-6H2. The van der Waals surface area contributed by atoms with Gasteiger partial charge in [0.25, 0.3) is 0 Å². The molecule has 5 heteroatoms. The molecule has 1 unspecified atom stereocenters. The van der Waals surface area contributed by atoms with E-state index >= 15 is 0 Å². The summed E-state index contributed by atoms with van der Waals surface area (Å²) in [6, 6.07) is 16.8. The molecule has 0 bridgehead atoms. The van der Waals surface area contributed by atoms with Gasteiger partial charge in [0.05, 0.1) is 13.2 Å². The normalized spacial score (nSPS) is 12.0. The highest BCUT2D eigenvalue weighted by Gasteiger charge is 2.38. The van der Waals surface area contributed by atoms with Gasteiger partial charge in [0.2, 0.25) is 0 Å². The van der Waals surface area contributed by atoms with Crippen molar-refractivity contribution in [2.45, 2.75) is 18.4 Å². The topological polar surface area (TPSA) is 83.8 Å². The Bertz CT molecular complexity index is 747. The van der Waals surface area contributed by atoms with E-state index in [0.29, 0.717) is 24.3 Å². The van der Waals surface area contributed by atoms with Crippen molar-refractivity contribution < 1.29 is 24.5 Å². The average molecular weight is 382 g/mol. The molecule has 0 spiro atoms. The van der Waals surface area contributed by atoms with E-state index in [2.05, 4.69) is 13.2 Å². The molecule has 148 valence electrons. The number of rotatable bonds is 10. The van der Waals surface area contributed by atoms with Gasteiger partial charge in [-0.1, -0.05) is 72.8 Å². The third kappa shape index (κ3) is 7.31. The molecular formula is C23H26O5. The van der Waals surface area contributed by atoms with Crippen molar-refractivity contribution in [1.82, 2.24) is 0 Å². The van der Waals surface area contributed by atoms with Crippen molar-refractivity contribution in [2.24, 2.45) is 0 Å². The Hall–Kier alpha value is -3.02. The lowest BCUT2D eigenvalue weighted by atomic mass is 9.82. The summed E-state index contributed by atoms with van der Waals surface area (Å²) in [4.78, 5) is 23.5. The summed E-state index contributed by atoms with van der Waals surface area (Å²) >= 11 is 0. The van der Waals surface area contributed by atoms with Crippen LogP contribution in [-0.2, 0) is 15.1 Å². The van der Waals surface area contributed by atoms with Crippen molar-refractivity contribution in [3.8, 4) is 0 Å². The second kappa shape index (κ2) is 12.4. The van der Waals surface area contributed by atoms with Gasteiger partial charge in [-0.2, -0.15) is 0 Å². The zero-order valence-electron chi connectivity index (χ0n) is 15.8. The maximum Gasteiger partial charge on any atom is 0.303 e. The smallest absolute Gasteiger partial charge is 0.303 e. The highest BCUT2D eigenvalue weighted by atomic mass is 16.5. The van der Waals surface area contributed by atoms with Crippen LogP contribution in [0.25, 0.3) is 0 Å². The molecule has 2 N–H and O–H groups in total. The lowest BCUT2D eigenvalue weighted by molar-refractivity contribution is -0.138. The number of benzene rings is 2. The maximum absolute atomic E-state index is 12.6. The first-order valence-electron chi connectivity index (χ1n) is 8.84. The van der Waals surface area contributed by atoms with Crippen LogP contribution in [0, 0.1) is 0 Å². The summed E-state index contributed by atoms with van der Waals surface area (Å²) in [5.41, 5.74) is -1.07. The lowest BCUT2D eigenvalue weighted by Crippen LogP contribution is -2.36. The molecule has 1 atom stereocenters. The second-order valence-electron chi connectivity index (χ2n) is 5.93. The molecule has 0 aliphatic rings. The maximum atomic E-state index is 12.6. The Labute approximate surface area is 165 Å². The first-order valence-corrected chi connectivity index (χ1v) is 8.84. The largest absolute Gasteiger partial charge is 0.481 e. The van der Waals surface area contributed by atoms with Crippen LogP contribution in [0.2, 0.25) is 0 Å². The number of carbonyl (C=O) groups is 2. The van der Waals surface area contributed by atoms with Crippen LogP contribution in [0.4, 0.5) is 0 Å². The summed E-state index contributed by atoms with van der Waals surface area (Å²) in [6.07, 6.45) is 2.97. The van der Waals surface area contributed by atoms with Crippen molar-refractivity contribution >= 4 is 11.8 Å². The number of hydrogen-bond acceptors (Lipinski definition) is 4. The van der Waals surface area contributed by atoms with Crippen LogP contribution in [0.1, 0.15) is 28.8 Å². The van der Waals surface area contributed by atoms with Gasteiger partial charge in [0, 0.05) is 12.0 Å². The van der Waals surface area contributed by atoms with Crippen molar-refractivity contribution in [1.29, 1.82) is 0 Å². The fourth-order valence-corrected chi connectivity index (χ4v) is 2.45. The van der Waals surface area contributed by atoms with Gasteiger partial charge in [-0.25, -0.2) is 0 Å². The molecule has 28 heavy (non-hydrogen) atoms. The SMILES string of the molecule is C=CCOCC=C.O=C(O)CCC(O)(C(=O)c1ccccc1)c1ccccc1. The third-order valence-electron chi connectivity index (χ3n) is 3.84. The van der Waals surface area contributed by atoms with Crippen molar-refractivity contribution in [2.75, 3.05) is 13.2 Å². The van der Waals surface area contributed by atoms with E-state index in [9.17, 15) is 14.7 Å². The predicted molar refractivity (Wildman–Crippen MR) is 109 cm³/mol. The van der Waals surface area contributed by atoms with Gasteiger partial charge in [-0.3, -0.25) is 9.59 Å². The fraction of sp³-hybridized carbons (Fsp3) is 0.217. The molecule has 0 aliphatic heterocycles. The predicted octanol–water partition coefficient (Wildman–Crippen LogP) is 4.00. The van der Waals surface area contributed by atoms with Crippen molar-refractivity contribution in [3.05, 3.63) is 97.1 Å². The van der Waals surface area contributed by atoms with E-state index in [-0.39, 0.29) is 12.8 Å². The summed E-state index contributed by atoms with van der Waals surface area (Å²) in [5.74, 6) is -1.54. The van der Waals surface area contributed by atoms with Crippen LogP contribution < -0.4 is 0 Å². The van der Waals surface area contributed by atoms with E-state index in [1.54, 1.807) is 72.8 Å². The Morgan fingerprint density at radius 3 is 1.89 bits per heavy atom. The van der Waals surface area contributed by atoms with Crippen molar-refractivity contribution in [3.63, 3.8) is 0 Å².